The van der Waals surface area contributed by atoms with Gasteiger partial charge in [-0.15, -0.1) is 0 Å². The Labute approximate surface area is 154 Å². The number of nitrogens with one attached hydrogen (secondary N) is 1. The minimum atomic E-state index is -0.361. The van der Waals surface area contributed by atoms with E-state index in [1.165, 1.54) is 12.1 Å². The van der Waals surface area contributed by atoms with E-state index in [1.807, 2.05) is 18.2 Å². The maximum absolute atomic E-state index is 13.1. The van der Waals surface area contributed by atoms with Crippen LogP contribution < -0.4 is 14.8 Å². The molecule has 2 aromatic carbocycles. The van der Waals surface area contributed by atoms with Crippen molar-refractivity contribution in [1.82, 2.24) is 5.32 Å². The molecule has 0 aliphatic heterocycles. The fourth-order valence-corrected chi connectivity index (χ4v) is 2.58. The molecule has 3 nitrogen and oxygen atoms in total. The quantitative estimate of drug-likeness (QED) is 0.619. The SMILES string of the molecule is COc1cc(CNCCC(C)C)ccc1OCc1ccc(F)cc1Cl. The lowest BCUT2D eigenvalue weighted by atomic mass is 10.1. The van der Waals surface area contributed by atoms with Crippen LogP contribution in [0.1, 0.15) is 31.4 Å². The van der Waals surface area contributed by atoms with Crippen molar-refractivity contribution in [2.75, 3.05) is 13.7 Å². The standard InChI is InChI=1S/C20H25ClFNO2/c1-14(2)8-9-23-12-15-4-7-19(20(10-15)24-3)25-13-16-5-6-17(22)11-18(16)21/h4-7,10-11,14,23H,8-9,12-13H2,1-3H3. The van der Waals surface area contributed by atoms with Gasteiger partial charge in [0, 0.05) is 12.1 Å². The molecule has 0 aromatic heterocycles. The van der Waals surface area contributed by atoms with Gasteiger partial charge >= 0.3 is 0 Å². The van der Waals surface area contributed by atoms with Gasteiger partial charge in [0.25, 0.3) is 0 Å². The molecular formula is C20H25ClFNO2. The Morgan fingerprint density at radius 1 is 1.12 bits per heavy atom. The minimum Gasteiger partial charge on any atom is -0.493 e. The van der Waals surface area contributed by atoms with Crippen molar-refractivity contribution in [1.29, 1.82) is 0 Å². The Kier molecular flexibility index (Phi) is 7.53. The zero-order chi connectivity index (χ0) is 18.2. The molecule has 0 heterocycles. The molecule has 0 unspecified atom stereocenters. The third-order valence-corrected chi connectivity index (χ3v) is 4.21. The molecule has 0 spiro atoms. The van der Waals surface area contributed by atoms with Gasteiger partial charge in [-0.05, 0) is 48.7 Å². The number of ether oxygens (including phenoxy) is 2. The number of halogens is 2. The summed E-state index contributed by atoms with van der Waals surface area (Å²) < 4.78 is 24.3. The van der Waals surface area contributed by atoms with Crippen molar-refractivity contribution in [3.8, 4) is 11.5 Å². The molecule has 0 aliphatic rings. The predicted molar refractivity (Wildman–Crippen MR) is 99.9 cm³/mol. The Morgan fingerprint density at radius 3 is 2.60 bits per heavy atom. The van der Waals surface area contributed by atoms with Crippen LogP contribution in [-0.2, 0) is 13.2 Å². The average molecular weight is 366 g/mol. The van der Waals surface area contributed by atoms with Crippen molar-refractivity contribution in [2.45, 2.75) is 33.4 Å². The van der Waals surface area contributed by atoms with Crippen LogP contribution in [0.3, 0.4) is 0 Å². The molecule has 0 atom stereocenters. The van der Waals surface area contributed by atoms with E-state index in [1.54, 1.807) is 13.2 Å². The first kappa shape index (κ1) is 19.5. The second-order valence-corrected chi connectivity index (χ2v) is 6.78. The monoisotopic (exact) mass is 365 g/mol. The molecule has 0 amide bonds. The van der Waals surface area contributed by atoms with Crippen molar-refractivity contribution >= 4 is 11.6 Å². The van der Waals surface area contributed by atoms with Gasteiger partial charge in [-0.3, -0.25) is 0 Å². The average Bonchev–Trinajstić information content (AvgIpc) is 2.58. The first-order chi connectivity index (χ1) is 12.0. The van der Waals surface area contributed by atoms with E-state index in [2.05, 4.69) is 19.2 Å². The zero-order valence-electron chi connectivity index (χ0n) is 14.9. The first-order valence-corrected chi connectivity index (χ1v) is 8.81. The Bertz CT molecular complexity index is 691. The highest BCUT2D eigenvalue weighted by Gasteiger charge is 2.08. The predicted octanol–water partition coefficient (Wildman–Crippen LogP) is 5.20. The van der Waals surface area contributed by atoms with Crippen LogP contribution in [0.5, 0.6) is 11.5 Å². The van der Waals surface area contributed by atoms with E-state index in [-0.39, 0.29) is 12.4 Å². The number of benzene rings is 2. The summed E-state index contributed by atoms with van der Waals surface area (Å²) in [5, 5.41) is 3.78. The Hall–Kier alpha value is -1.78. The van der Waals surface area contributed by atoms with Crippen LogP contribution in [0.4, 0.5) is 4.39 Å². The molecule has 2 rings (SSSR count). The zero-order valence-corrected chi connectivity index (χ0v) is 15.7. The van der Waals surface area contributed by atoms with Gasteiger partial charge in [-0.2, -0.15) is 0 Å². The summed E-state index contributed by atoms with van der Waals surface area (Å²) in [5.74, 6) is 1.63. The van der Waals surface area contributed by atoms with Crippen LogP contribution in [0.25, 0.3) is 0 Å². The highest BCUT2D eigenvalue weighted by atomic mass is 35.5. The first-order valence-electron chi connectivity index (χ1n) is 8.44. The summed E-state index contributed by atoms with van der Waals surface area (Å²) in [6.07, 6.45) is 1.15. The summed E-state index contributed by atoms with van der Waals surface area (Å²) in [4.78, 5) is 0. The second kappa shape index (κ2) is 9.64. The Morgan fingerprint density at radius 2 is 1.92 bits per heavy atom. The largest absolute Gasteiger partial charge is 0.493 e. The van der Waals surface area contributed by atoms with E-state index < -0.39 is 0 Å². The molecular weight excluding hydrogens is 341 g/mol. The molecule has 0 bridgehead atoms. The number of methoxy groups -OCH3 is 1. The van der Waals surface area contributed by atoms with Gasteiger partial charge in [0.2, 0.25) is 0 Å². The summed E-state index contributed by atoms with van der Waals surface area (Å²) in [7, 11) is 1.61. The summed E-state index contributed by atoms with van der Waals surface area (Å²) in [6.45, 7) is 6.45. The van der Waals surface area contributed by atoms with Crippen LogP contribution in [0.15, 0.2) is 36.4 Å². The highest BCUT2D eigenvalue weighted by molar-refractivity contribution is 6.31. The van der Waals surface area contributed by atoms with Crippen LogP contribution in [0, 0.1) is 11.7 Å². The second-order valence-electron chi connectivity index (χ2n) is 6.37. The molecule has 5 heteroatoms. The topological polar surface area (TPSA) is 30.5 Å². The maximum Gasteiger partial charge on any atom is 0.161 e. The van der Waals surface area contributed by atoms with E-state index in [0.29, 0.717) is 22.4 Å². The number of hydrogen-bond acceptors (Lipinski definition) is 3. The lowest BCUT2D eigenvalue weighted by Crippen LogP contribution is -2.16. The number of rotatable bonds is 9. The van der Waals surface area contributed by atoms with Crippen LogP contribution >= 0.6 is 11.6 Å². The lowest BCUT2D eigenvalue weighted by molar-refractivity contribution is 0.284. The van der Waals surface area contributed by atoms with Crippen LogP contribution in [0.2, 0.25) is 5.02 Å². The number of hydrogen-bond donors (Lipinski definition) is 1. The lowest BCUT2D eigenvalue weighted by Gasteiger charge is -2.13. The van der Waals surface area contributed by atoms with E-state index in [9.17, 15) is 4.39 Å². The minimum absolute atomic E-state index is 0.251. The Balaban J connectivity index is 1.96. The molecule has 25 heavy (non-hydrogen) atoms. The maximum atomic E-state index is 13.1. The normalized spacial score (nSPS) is 11.0. The van der Waals surface area contributed by atoms with E-state index in [4.69, 9.17) is 21.1 Å². The molecule has 1 N–H and O–H groups in total. The molecule has 136 valence electrons. The van der Waals surface area contributed by atoms with Gasteiger partial charge in [-0.25, -0.2) is 4.39 Å². The van der Waals surface area contributed by atoms with E-state index >= 15 is 0 Å². The van der Waals surface area contributed by atoms with E-state index in [0.717, 1.165) is 30.6 Å². The van der Waals surface area contributed by atoms with Gasteiger partial charge in [0.1, 0.15) is 12.4 Å². The van der Waals surface area contributed by atoms with Crippen molar-refractivity contribution in [3.63, 3.8) is 0 Å². The third kappa shape index (κ3) is 6.22. The highest BCUT2D eigenvalue weighted by Crippen LogP contribution is 2.29. The fraction of sp³-hybridized carbons (Fsp3) is 0.400. The molecule has 0 aliphatic carbocycles. The summed E-state index contributed by atoms with van der Waals surface area (Å²) in [6, 6.07) is 10.1. The van der Waals surface area contributed by atoms with Gasteiger partial charge < -0.3 is 14.8 Å². The molecule has 0 radical (unpaired) electrons. The van der Waals surface area contributed by atoms with Gasteiger partial charge in [0.05, 0.1) is 12.1 Å². The van der Waals surface area contributed by atoms with Gasteiger partial charge in [-0.1, -0.05) is 37.6 Å². The molecule has 0 saturated heterocycles. The van der Waals surface area contributed by atoms with Crippen molar-refractivity contribution < 1.29 is 13.9 Å². The van der Waals surface area contributed by atoms with Gasteiger partial charge in [0.15, 0.2) is 11.5 Å². The van der Waals surface area contributed by atoms with Crippen molar-refractivity contribution in [2.24, 2.45) is 5.92 Å². The molecule has 0 fully saturated rings. The molecule has 0 saturated carbocycles. The summed E-state index contributed by atoms with van der Waals surface area (Å²) >= 11 is 6.03. The van der Waals surface area contributed by atoms with Crippen LogP contribution in [-0.4, -0.2) is 13.7 Å². The molecule has 2 aromatic rings. The van der Waals surface area contributed by atoms with Crippen molar-refractivity contribution in [3.05, 3.63) is 58.4 Å². The fourth-order valence-electron chi connectivity index (χ4n) is 2.36. The summed E-state index contributed by atoms with van der Waals surface area (Å²) in [5.41, 5.74) is 1.86. The third-order valence-electron chi connectivity index (χ3n) is 3.85. The smallest absolute Gasteiger partial charge is 0.161 e.